The van der Waals surface area contributed by atoms with E-state index >= 15 is 0 Å². The fourth-order valence-electron chi connectivity index (χ4n) is 3.29. The van der Waals surface area contributed by atoms with Crippen LogP contribution in [0, 0.1) is 6.92 Å². The van der Waals surface area contributed by atoms with Crippen LogP contribution in [0.25, 0.3) is 5.69 Å². The first kappa shape index (κ1) is 18.2. The second-order valence-corrected chi connectivity index (χ2v) is 7.07. The summed E-state index contributed by atoms with van der Waals surface area (Å²) in [7, 11) is 2.12. The molecule has 1 fully saturated rings. The van der Waals surface area contributed by atoms with Crippen molar-refractivity contribution in [2.45, 2.75) is 6.92 Å². The van der Waals surface area contributed by atoms with Crippen LogP contribution in [0.4, 0.5) is 11.5 Å². The first-order chi connectivity index (χ1) is 13.6. The van der Waals surface area contributed by atoms with Gasteiger partial charge in [-0.2, -0.15) is 5.10 Å². The number of aromatic nitrogens is 3. The van der Waals surface area contributed by atoms with Crippen LogP contribution in [0.15, 0.2) is 54.9 Å². The van der Waals surface area contributed by atoms with Gasteiger partial charge in [-0.15, -0.1) is 0 Å². The minimum Gasteiger partial charge on any atom is -0.354 e. The van der Waals surface area contributed by atoms with Gasteiger partial charge in [0, 0.05) is 44.1 Å². The van der Waals surface area contributed by atoms with Gasteiger partial charge in [0.05, 0.1) is 17.1 Å². The molecule has 0 saturated carbocycles. The average Bonchev–Trinajstić information content (AvgIpc) is 3.15. The largest absolute Gasteiger partial charge is 0.354 e. The van der Waals surface area contributed by atoms with Crippen LogP contribution in [-0.4, -0.2) is 58.8 Å². The van der Waals surface area contributed by atoms with Crippen molar-refractivity contribution < 1.29 is 4.79 Å². The Balaban J connectivity index is 1.54. The van der Waals surface area contributed by atoms with Crippen LogP contribution in [0.1, 0.15) is 16.1 Å². The lowest BCUT2D eigenvalue weighted by molar-refractivity contribution is 0.102. The van der Waals surface area contributed by atoms with Gasteiger partial charge >= 0.3 is 0 Å². The zero-order valence-electron chi connectivity index (χ0n) is 16.2. The molecule has 0 atom stereocenters. The molecule has 1 aromatic carbocycles. The summed E-state index contributed by atoms with van der Waals surface area (Å²) in [6.45, 7) is 5.75. The number of para-hydroxylation sites is 2. The molecule has 1 aliphatic heterocycles. The Bertz CT molecular complexity index is 974. The van der Waals surface area contributed by atoms with E-state index in [1.165, 1.54) is 0 Å². The molecular weight excluding hydrogens is 352 g/mol. The average molecular weight is 376 g/mol. The van der Waals surface area contributed by atoms with E-state index < -0.39 is 0 Å². The third-order valence-electron chi connectivity index (χ3n) is 4.96. The second kappa shape index (κ2) is 7.82. The van der Waals surface area contributed by atoms with Crippen LogP contribution in [0.2, 0.25) is 0 Å². The lowest BCUT2D eigenvalue weighted by Crippen LogP contribution is -2.44. The van der Waals surface area contributed by atoms with Crippen molar-refractivity contribution in [3.8, 4) is 5.69 Å². The zero-order chi connectivity index (χ0) is 19.5. The van der Waals surface area contributed by atoms with Gasteiger partial charge in [-0.05, 0) is 44.3 Å². The number of anilines is 2. The van der Waals surface area contributed by atoms with Crippen LogP contribution < -0.4 is 10.2 Å². The van der Waals surface area contributed by atoms with Gasteiger partial charge in [0.2, 0.25) is 0 Å². The number of carbonyl (C=O) groups is 1. The van der Waals surface area contributed by atoms with Crippen molar-refractivity contribution in [2.75, 3.05) is 43.4 Å². The Kier molecular flexibility index (Phi) is 5.08. The number of rotatable bonds is 4. The van der Waals surface area contributed by atoms with Crippen molar-refractivity contribution in [1.29, 1.82) is 0 Å². The number of likely N-dealkylation sites (N-methyl/N-ethyl adjacent to an activating group) is 1. The number of piperazine rings is 1. The predicted molar refractivity (Wildman–Crippen MR) is 110 cm³/mol. The van der Waals surface area contributed by atoms with Crippen molar-refractivity contribution in [2.24, 2.45) is 0 Å². The molecule has 1 N–H and O–H groups in total. The standard InChI is InChI=1S/C21H24N6O/c1-16-8-10-27(24-16)19-6-4-3-5-18(19)23-21(28)17-7-9-22-20(15-17)26-13-11-25(2)12-14-26/h3-10,15H,11-14H2,1-2H3,(H,23,28). The van der Waals surface area contributed by atoms with Crippen molar-refractivity contribution in [3.63, 3.8) is 0 Å². The van der Waals surface area contributed by atoms with Gasteiger partial charge < -0.3 is 15.1 Å². The molecule has 0 unspecified atom stereocenters. The van der Waals surface area contributed by atoms with Gasteiger partial charge in [0.1, 0.15) is 5.82 Å². The van der Waals surface area contributed by atoms with Crippen molar-refractivity contribution in [1.82, 2.24) is 19.7 Å². The SMILES string of the molecule is Cc1ccn(-c2ccccc2NC(=O)c2ccnc(N3CCN(C)CC3)c2)n1. The Morgan fingerprint density at radius 3 is 2.61 bits per heavy atom. The van der Waals surface area contributed by atoms with E-state index in [1.807, 2.05) is 49.5 Å². The molecule has 1 saturated heterocycles. The van der Waals surface area contributed by atoms with E-state index in [0.717, 1.165) is 43.4 Å². The summed E-state index contributed by atoms with van der Waals surface area (Å²) in [4.78, 5) is 21.9. The number of hydrogen-bond acceptors (Lipinski definition) is 5. The highest BCUT2D eigenvalue weighted by Gasteiger charge is 2.17. The number of nitrogens with one attached hydrogen (secondary N) is 1. The van der Waals surface area contributed by atoms with Crippen LogP contribution in [0.3, 0.4) is 0 Å². The molecular formula is C21H24N6O. The first-order valence-corrected chi connectivity index (χ1v) is 9.43. The quantitative estimate of drug-likeness (QED) is 0.758. The monoisotopic (exact) mass is 376 g/mol. The molecule has 2 aromatic heterocycles. The van der Waals surface area contributed by atoms with Gasteiger partial charge in [0.15, 0.2) is 0 Å². The Morgan fingerprint density at radius 2 is 1.86 bits per heavy atom. The van der Waals surface area contributed by atoms with E-state index in [-0.39, 0.29) is 5.91 Å². The van der Waals surface area contributed by atoms with E-state index in [2.05, 4.69) is 32.2 Å². The fraction of sp³-hybridized carbons (Fsp3) is 0.286. The minimum atomic E-state index is -0.158. The topological polar surface area (TPSA) is 66.3 Å². The summed E-state index contributed by atoms with van der Waals surface area (Å²) in [6.07, 6.45) is 3.59. The molecule has 3 heterocycles. The molecule has 0 radical (unpaired) electrons. The Labute approximate surface area is 164 Å². The number of hydrogen-bond donors (Lipinski definition) is 1. The van der Waals surface area contributed by atoms with Crippen LogP contribution in [-0.2, 0) is 0 Å². The van der Waals surface area contributed by atoms with E-state index in [1.54, 1.807) is 16.9 Å². The molecule has 7 nitrogen and oxygen atoms in total. The zero-order valence-corrected chi connectivity index (χ0v) is 16.2. The summed E-state index contributed by atoms with van der Waals surface area (Å²) in [5.41, 5.74) is 3.06. The van der Waals surface area contributed by atoms with E-state index in [9.17, 15) is 4.79 Å². The molecule has 4 rings (SSSR count). The number of aryl methyl sites for hydroxylation is 1. The molecule has 0 aliphatic carbocycles. The van der Waals surface area contributed by atoms with E-state index in [4.69, 9.17) is 0 Å². The predicted octanol–water partition coefficient (Wildman–Crippen LogP) is 2.58. The van der Waals surface area contributed by atoms with Gasteiger partial charge in [0.25, 0.3) is 5.91 Å². The lowest BCUT2D eigenvalue weighted by Gasteiger charge is -2.33. The lowest BCUT2D eigenvalue weighted by atomic mass is 10.2. The maximum atomic E-state index is 12.9. The van der Waals surface area contributed by atoms with Crippen molar-refractivity contribution >= 4 is 17.4 Å². The molecule has 0 spiro atoms. The third-order valence-corrected chi connectivity index (χ3v) is 4.96. The summed E-state index contributed by atoms with van der Waals surface area (Å²) >= 11 is 0. The Morgan fingerprint density at radius 1 is 1.07 bits per heavy atom. The highest BCUT2D eigenvalue weighted by Crippen LogP contribution is 2.21. The summed E-state index contributed by atoms with van der Waals surface area (Å²) in [5.74, 6) is 0.686. The number of amides is 1. The summed E-state index contributed by atoms with van der Waals surface area (Å²) in [6, 6.07) is 13.2. The molecule has 3 aromatic rings. The number of benzene rings is 1. The first-order valence-electron chi connectivity index (χ1n) is 9.43. The third kappa shape index (κ3) is 3.89. The fourth-order valence-corrected chi connectivity index (χ4v) is 3.29. The Hall–Kier alpha value is -3.19. The van der Waals surface area contributed by atoms with Gasteiger partial charge in [-0.1, -0.05) is 12.1 Å². The molecule has 7 heteroatoms. The highest BCUT2D eigenvalue weighted by molar-refractivity contribution is 6.05. The molecule has 144 valence electrons. The molecule has 28 heavy (non-hydrogen) atoms. The number of carbonyl (C=O) groups excluding carboxylic acids is 1. The summed E-state index contributed by atoms with van der Waals surface area (Å²) in [5, 5.41) is 7.47. The van der Waals surface area contributed by atoms with Gasteiger partial charge in [-0.3, -0.25) is 4.79 Å². The molecule has 1 amide bonds. The normalized spacial score (nSPS) is 14.9. The smallest absolute Gasteiger partial charge is 0.255 e. The maximum Gasteiger partial charge on any atom is 0.255 e. The molecule has 0 bridgehead atoms. The maximum absolute atomic E-state index is 12.9. The highest BCUT2D eigenvalue weighted by atomic mass is 16.1. The van der Waals surface area contributed by atoms with Crippen LogP contribution >= 0.6 is 0 Å². The number of nitrogens with zero attached hydrogens (tertiary/aromatic N) is 5. The van der Waals surface area contributed by atoms with Crippen LogP contribution in [0.5, 0.6) is 0 Å². The molecule has 1 aliphatic rings. The second-order valence-electron chi connectivity index (χ2n) is 7.07. The van der Waals surface area contributed by atoms with Gasteiger partial charge in [-0.25, -0.2) is 9.67 Å². The van der Waals surface area contributed by atoms with Crippen molar-refractivity contribution in [3.05, 3.63) is 66.1 Å². The number of pyridine rings is 1. The minimum absolute atomic E-state index is 0.158. The van der Waals surface area contributed by atoms with E-state index in [0.29, 0.717) is 11.3 Å². The summed E-state index contributed by atoms with van der Waals surface area (Å²) < 4.78 is 1.77.